The van der Waals surface area contributed by atoms with E-state index < -0.39 is 6.03 Å². The van der Waals surface area contributed by atoms with Crippen LogP contribution in [-0.4, -0.2) is 6.03 Å². The second-order valence-electron chi connectivity index (χ2n) is 2.07. The van der Waals surface area contributed by atoms with Gasteiger partial charge < -0.3 is 5.32 Å². The number of amides is 2. The highest BCUT2D eigenvalue weighted by atomic mass is 32.1. The molecule has 1 rings (SSSR count). The summed E-state index contributed by atoms with van der Waals surface area (Å²) in [6.07, 6.45) is 0. The van der Waals surface area contributed by atoms with Crippen molar-refractivity contribution in [3.8, 4) is 0 Å². The first-order valence-corrected chi connectivity index (χ1v) is 3.64. The number of halogens is 1. The van der Waals surface area contributed by atoms with Crippen LogP contribution in [0.15, 0.2) is 24.3 Å². The summed E-state index contributed by atoms with van der Waals surface area (Å²) >= 11 is 3.53. The molecule has 1 aromatic carbocycles. The molecule has 1 aromatic rings. The summed E-state index contributed by atoms with van der Waals surface area (Å²) in [7, 11) is 0. The van der Waals surface area contributed by atoms with Gasteiger partial charge in [-0.05, 0) is 24.3 Å². The molecule has 2 amide bonds. The van der Waals surface area contributed by atoms with E-state index in [2.05, 4.69) is 22.9 Å². The van der Waals surface area contributed by atoms with Gasteiger partial charge in [-0.2, -0.15) is 0 Å². The van der Waals surface area contributed by atoms with Crippen LogP contribution in [0.25, 0.3) is 0 Å². The number of anilines is 1. The predicted octanol–water partition coefficient (Wildman–Crippen LogP) is 1.79. The van der Waals surface area contributed by atoms with Crippen molar-refractivity contribution < 1.29 is 9.18 Å². The summed E-state index contributed by atoms with van der Waals surface area (Å²) in [6.45, 7) is 0. The first-order valence-electron chi connectivity index (χ1n) is 3.19. The normalized spacial score (nSPS) is 9.17. The highest BCUT2D eigenvalue weighted by molar-refractivity contribution is 7.78. The third kappa shape index (κ3) is 2.43. The van der Waals surface area contributed by atoms with E-state index in [1.54, 1.807) is 0 Å². The number of carbonyl (C=O) groups excluding carboxylic acids is 1. The zero-order valence-electron chi connectivity index (χ0n) is 6.04. The SMILES string of the molecule is O=C(NS)Nc1ccc(F)cc1. The van der Waals surface area contributed by atoms with Gasteiger partial charge in [0.2, 0.25) is 0 Å². The standard InChI is InChI=1S/C7H7FN2OS/c8-5-1-3-6(4-2-5)9-7(11)10-12/h1-4,12H,(H2,9,10,11). The summed E-state index contributed by atoms with van der Waals surface area (Å²) < 4.78 is 14.4. The van der Waals surface area contributed by atoms with Gasteiger partial charge in [-0.3, -0.25) is 4.72 Å². The van der Waals surface area contributed by atoms with Crippen LogP contribution in [0, 0.1) is 5.82 Å². The van der Waals surface area contributed by atoms with Crippen LogP contribution < -0.4 is 10.0 Å². The van der Waals surface area contributed by atoms with Crippen molar-refractivity contribution >= 4 is 24.5 Å². The molecule has 2 N–H and O–H groups in total. The molecule has 0 bridgehead atoms. The molecule has 0 spiro atoms. The average molecular weight is 186 g/mol. The Labute approximate surface area is 74.5 Å². The van der Waals surface area contributed by atoms with Gasteiger partial charge in [-0.1, -0.05) is 12.8 Å². The van der Waals surface area contributed by atoms with Gasteiger partial charge in [-0.25, -0.2) is 9.18 Å². The molecule has 0 unspecified atom stereocenters. The predicted molar refractivity (Wildman–Crippen MR) is 47.5 cm³/mol. The Balaban J connectivity index is 2.64. The number of carbonyl (C=O) groups is 1. The number of hydrogen-bond acceptors (Lipinski definition) is 2. The van der Waals surface area contributed by atoms with E-state index in [0.29, 0.717) is 5.69 Å². The maximum atomic E-state index is 12.4. The third-order valence-corrected chi connectivity index (χ3v) is 1.41. The summed E-state index contributed by atoms with van der Waals surface area (Å²) in [4.78, 5) is 10.7. The lowest BCUT2D eigenvalue weighted by molar-refractivity contribution is 0.257. The minimum Gasteiger partial charge on any atom is -0.307 e. The van der Waals surface area contributed by atoms with Gasteiger partial charge >= 0.3 is 6.03 Å². The monoisotopic (exact) mass is 186 g/mol. The largest absolute Gasteiger partial charge is 0.329 e. The van der Waals surface area contributed by atoms with Crippen LogP contribution in [0.3, 0.4) is 0 Å². The Morgan fingerprint density at radius 1 is 1.33 bits per heavy atom. The van der Waals surface area contributed by atoms with Gasteiger partial charge in [0.05, 0.1) is 0 Å². The lowest BCUT2D eigenvalue weighted by Crippen LogP contribution is -2.20. The van der Waals surface area contributed by atoms with Gasteiger partial charge in [-0.15, -0.1) is 0 Å². The number of thiol groups is 1. The van der Waals surface area contributed by atoms with Crippen LogP contribution in [0.1, 0.15) is 0 Å². The van der Waals surface area contributed by atoms with Gasteiger partial charge in [0.15, 0.2) is 0 Å². The molecule has 0 atom stereocenters. The lowest BCUT2D eigenvalue weighted by atomic mass is 10.3. The quantitative estimate of drug-likeness (QED) is 0.575. The molecule has 0 aliphatic rings. The van der Waals surface area contributed by atoms with Gasteiger partial charge in [0.25, 0.3) is 0 Å². The molecule has 0 aliphatic carbocycles. The molecule has 0 saturated carbocycles. The molecule has 0 aromatic heterocycles. The smallest absolute Gasteiger partial charge is 0.307 e. The molecular formula is C7H7FN2OS. The number of urea groups is 1. The fourth-order valence-corrected chi connectivity index (χ4v) is 0.748. The van der Waals surface area contributed by atoms with Crippen molar-refractivity contribution in [2.24, 2.45) is 0 Å². The summed E-state index contributed by atoms with van der Waals surface area (Å²) in [5.74, 6) is -0.341. The zero-order valence-corrected chi connectivity index (χ0v) is 6.94. The highest BCUT2D eigenvalue weighted by Crippen LogP contribution is 2.07. The van der Waals surface area contributed by atoms with E-state index in [-0.39, 0.29) is 5.82 Å². The molecule has 0 radical (unpaired) electrons. The maximum absolute atomic E-state index is 12.4. The Kier molecular flexibility index (Phi) is 2.93. The molecule has 64 valence electrons. The second-order valence-corrected chi connectivity index (χ2v) is 2.30. The minimum atomic E-state index is -0.454. The summed E-state index contributed by atoms with van der Waals surface area (Å²) in [6, 6.07) is 4.98. The first-order chi connectivity index (χ1) is 5.72. The summed E-state index contributed by atoms with van der Waals surface area (Å²) in [5, 5.41) is 2.43. The number of hydrogen-bond donors (Lipinski definition) is 3. The minimum absolute atomic E-state index is 0.341. The Morgan fingerprint density at radius 3 is 2.42 bits per heavy atom. The summed E-state index contributed by atoms with van der Waals surface area (Å²) in [5.41, 5.74) is 0.517. The zero-order chi connectivity index (χ0) is 8.97. The van der Waals surface area contributed by atoms with Crippen molar-refractivity contribution in [3.05, 3.63) is 30.1 Å². The number of benzene rings is 1. The molecule has 0 aliphatic heterocycles. The van der Waals surface area contributed by atoms with Gasteiger partial charge in [0.1, 0.15) is 5.82 Å². The highest BCUT2D eigenvalue weighted by Gasteiger charge is 1.97. The van der Waals surface area contributed by atoms with Crippen LogP contribution in [0.2, 0.25) is 0 Å². The average Bonchev–Trinajstić information content (AvgIpc) is 2.09. The number of rotatable bonds is 1. The number of nitrogens with one attached hydrogen (secondary N) is 2. The van der Waals surface area contributed by atoms with Crippen molar-refractivity contribution in [1.82, 2.24) is 4.72 Å². The molecule has 0 heterocycles. The van der Waals surface area contributed by atoms with Crippen LogP contribution >= 0.6 is 12.8 Å². The topological polar surface area (TPSA) is 41.1 Å². The Bertz CT molecular complexity index is 275. The fourth-order valence-electron chi connectivity index (χ4n) is 0.692. The molecule has 0 saturated heterocycles. The lowest BCUT2D eigenvalue weighted by Gasteiger charge is -2.01. The Hall–Kier alpha value is -1.23. The molecule has 0 fully saturated rings. The molecule has 3 nitrogen and oxygen atoms in total. The van der Waals surface area contributed by atoms with Gasteiger partial charge in [0, 0.05) is 5.69 Å². The second kappa shape index (κ2) is 3.96. The first kappa shape index (κ1) is 8.86. The van der Waals surface area contributed by atoms with Crippen LogP contribution in [-0.2, 0) is 0 Å². The maximum Gasteiger partial charge on any atom is 0.329 e. The molecule has 5 heteroatoms. The third-order valence-electron chi connectivity index (χ3n) is 1.20. The molecule has 12 heavy (non-hydrogen) atoms. The van der Waals surface area contributed by atoms with Crippen molar-refractivity contribution in [2.45, 2.75) is 0 Å². The Morgan fingerprint density at radius 2 is 1.92 bits per heavy atom. The van der Waals surface area contributed by atoms with E-state index >= 15 is 0 Å². The van der Waals surface area contributed by atoms with E-state index in [1.807, 2.05) is 0 Å². The van der Waals surface area contributed by atoms with E-state index in [4.69, 9.17) is 0 Å². The van der Waals surface area contributed by atoms with Crippen molar-refractivity contribution in [3.63, 3.8) is 0 Å². The van der Waals surface area contributed by atoms with E-state index in [1.165, 1.54) is 24.3 Å². The molecular weight excluding hydrogens is 179 g/mol. The van der Waals surface area contributed by atoms with Crippen molar-refractivity contribution in [1.29, 1.82) is 0 Å². The van der Waals surface area contributed by atoms with E-state index in [0.717, 1.165) is 0 Å². The van der Waals surface area contributed by atoms with Crippen molar-refractivity contribution in [2.75, 3.05) is 5.32 Å². The van der Waals surface area contributed by atoms with Crippen LogP contribution in [0.4, 0.5) is 14.9 Å². The van der Waals surface area contributed by atoms with E-state index in [9.17, 15) is 9.18 Å². The van der Waals surface area contributed by atoms with Crippen LogP contribution in [0.5, 0.6) is 0 Å². The fraction of sp³-hybridized carbons (Fsp3) is 0.